The van der Waals surface area contributed by atoms with E-state index in [9.17, 15) is 9.59 Å². The van der Waals surface area contributed by atoms with Gasteiger partial charge in [-0.15, -0.1) is 0 Å². The number of amides is 1. The Morgan fingerprint density at radius 1 is 1.40 bits per heavy atom. The average Bonchev–Trinajstić information content (AvgIpc) is 2.27. The van der Waals surface area contributed by atoms with Gasteiger partial charge in [-0.25, -0.2) is 14.8 Å². The van der Waals surface area contributed by atoms with E-state index in [0.717, 1.165) is 0 Å². The van der Waals surface area contributed by atoms with Gasteiger partial charge < -0.3 is 10.1 Å². The van der Waals surface area contributed by atoms with E-state index in [1.165, 1.54) is 0 Å². The van der Waals surface area contributed by atoms with Crippen LogP contribution in [-0.4, -0.2) is 28.5 Å². The van der Waals surface area contributed by atoms with Crippen LogP contribution in [0.3, 0.4) is 0 Å². The fourth-order valence-corrected chi connectivity index (χ4v) is 0.849. The molecule has 15 heavy (non-hydrogen) atoms. The van der Waals surface area contributed by atoms with E-state index in [4.69, 9.17) is 0 Å². The predicted molar refractivity (Wildman–Crippen MR) is 50.5 cm³/mol. The number of carbonyl (C=O) groups is 2. The topological polar surface area (TPSA) is 81.2 Å². The van der Waals surface area contributed by atoms with E-state index >= 15 is 0 Å². The van der Waals surface area contributed by atoms with E-state index in [0.29, 0.717) is 5.82 Å². The van der Waals surface area contributed by atoms with Crippen molar-refractivity contribution in [2.75, 3.05) is 6.61 Å². The van der Waals surface area contributed by atoms with Crippen LogP contribution in [0.2, 0.25) is 0 Å². The summed E-state index contributed by atoms with van der Waals surface area (Å²) in [6.07, 6.45) is 3.11. The van der Waals surface area contributed by atoms with Gasteiger partial charge in [-0.3, -0.25) is 4.79 Å². The molecule has 1 aromatic heterocycles. The second-order valence-corrected chi connectivity index (χ2v) is 2.57. The van der Waals surface area contributed by atoms with Gasteiger partial charge in [0.2, 0.25) is 0 Å². The van der Waals surface area contributed by atoms with Gasteiger partial charge in [0.05, 0.1) is 13.2 Å². The lowest BCUT2D eigenvalue weighted by atomic mass is 10.5. The van der Waals surface area contributed by atoms with Gasteiger partial charge in [-0.1, -0.05) is 0 Å². The van der Waals surface area contributed by atoms with Crippen LogP contribution in [0.4, 0.5) is 0 Å². The maximum Gasteiger partial charge on any atom is 0.396 e. The molecule has 0 unspecified atom stereocenters. The third-order valence-corrected chi connectivity index (χ3v) is 1.49. The largest absolute Gasteiger partial charge is 0.459 e. The molecule has 1 rings (SSSR count). The Labute approximate surface area is 86.7 Å². The normalized spacial score (nSPS) is 9.40. The number of nitrogens with zero attached hydrogens (tertiary/aromatic N) is 2. The summed E-state index contributed by atoms with van der Waals surface area (Å²) < 4.78 is 4.50. The standard InChI is InChI=1S/C9H11N3O3/c1-2-15-9(14)8(13)12-6-7-10-4-3-5-11-7/h3-5H,2,6H2,1H3,(H,12,13). The number of nitrogens with one attached hydrogen (secondary N) is 1. The summed E-state index contributed by atoms with van der Waals surface area (Å²) in [7, 11) is 0. The number of esters is 1. The minimum Gasteiger partial charge on any atom is -0.459 e. The molecule has 0 fully saturated rings. The molecule has 0 aromatic carbocycles. The Hall–Kier alpha value is -1.98. The molecule has 0 saturated carbocycles. The SMILES string of the molecule is CCOC(=O)C(=O)NCc1ncccn1. The Balaban J connectivity index is 2.38. The molecule has 0 radical (unpaired) electrons. The van der Waals surface area contributed by atoms with E-state index in [1.54, 1.807) is 25.4 Å². The Morgan fingerprint density at radius 3 is 2.67 bits per heavy atom. The molecule has 1 amide bonds. The van der Waals surface area contributed by atoms with Gasteiger partial charge in [-0.05, 0) is 13.0 Å². The molecule has 1 N–H and O–H groups in total. The summed E-state index contributed by atoms with van der Waals surface area (Å²) in [5.74, 6) is -1.24. The Kier molecular flexibility index (Phi) is 4.21. The Morgan fingerprint density at radius 2 is 2.07 bits per heavy atom. The molecule has 80 valence electrons. The molecule has 0 spiro atoms. The van der Waals surface area contributed by atoms with Crippen LogP contribution in [0, 0.1) is 0 Å². The van der Waals surface area contributed by atoms with Gasteiger partial charge in [-0.2, -0.15) is 0 Å². The highest BCUT2D eigenvalue weighted by atomic mass is 16.5. The molecule has 0 saturated heterocycles. The number of rotatable bonds is 3. The molecule has 0 aliphatic carbocycles. The van der Waals surface area contributed by atoms with Crippen molar-refractivity contribution < 1.29 is 14.3 Å². The molecule has 0 bridgehead atoms. The molecule has 0 atom stereocenters. The van der Waals surface area contributed by atoms with Gasteiger partial charge >= 0.3 is 11.9 Å². The first kappa shape index (κ1) is 11.1. The first-order valence-electron chi connectivity index (χ1n) is 4.45. The number of carbonyl (C=O) groups excluding carboxylic acids is 2. The summed E-state index contributed by atoms with van der Waals surface area (Å²) in [6, 6.07) is 1.66. The van der Waals surface area contributed by atoms with Gasteiger partial charge in [0.25, 0.3) is 0 Å². The van der Waals surface area contributed by atoms with Crippen LogP contribution in [-0.2, 0) is 20.9 Å². The van der Waals surface area contributed by atoms with E-state index < -0.39 is 11.9 Å². The molecule has 0 aliphatic rings. The zero-order valence-electron chi connectivity index (χ0n) is 8.27. The van der Waals surface area contributed by atoms with Crippen LogP contribution in [0.15, 0.2) is 18.5 Å². The van der Waals surface area contributed by atoms with Crippen molar-refractivity contribution in [3.63, 3.8) is 0 Å². The van der Waals surface area contributed by atoms with E-state index in [-0.39, 0.29) is 13.2 Å². The second kappa shape index (κ2) is 5.69. The van der Waals surface area contributed by atoms with E-state index in [2.05, 4.69) is 20.0 Å². The molecule has 0 aliphatic heterocycles. The van der Waals surface area contributed by atoms with E-state index in [1.807, 2.05) is 0 Å². The fraction of sp³-hybridized carbons (Fsp3) is 0.333. The van der Waals surface area contributed by atoms with Crippen LogP contribution >= 0.6 is 0 Å². The highest BCUT2D eigenvalue weighted by Gasteiger charge is 2.13. The third-order valence-electron chi connectivity index (χ3n) is 1.49. The molecule has 1 aromatic rings. The number of hydrogen-bond donors (Lipinski definition) is 1. The van der Waals surface area contributed by atoms with Crippen molar-refractivity contribution in [3.05, 3.63) is 24.3 Å². The number of aromatic nitrogens is 2. The zero-order chi connectivity index (χ0) is 11.1. The van der Waals surface area contributed by atoms with Crippen LogP contribution < -0.4 is 5.32 Å². The van der Waals surface area contributed by atoms with Gasteiger partial charge in [0, 0.05) is 12.4 Å². The summed E-state index contributed by atoms with van der Waals surface area (Å²) in [6.45, 7) is 1.91. The molecular formula is C9H11N3O3. The van der Waals surface area contributed by atoms with Gasteiger partial charge in [0.15, 0.2) is 0 Å². The lowest BCUT2D eigenvalue weighted by Crippen LogP contribution is -2.32. The first-order valence-corrected chi connectivity index (χ1v) is 4.45. The Bertz CT molecular complexity index is 340. The highest BCUT2D eigenvalue weighted by molar-refractivity contribution is 6.32. The van der Waals surface area contributed by atoms with Crippen molar-refractivity contribution in [2.45, 2.75) is 13.5 Å². The minimum absolute atomic E-state index is 0.110. The second-order valence-electron chi connectivity index (χ2n) is 2.57. The van der Waals surface area contributed by atoms with Crippen molar-refractivity contribution in [2.24, 2.45) is 0 Å². The maximum atomic E-state index is 11.1. The summed E-state index contributed by atoms with van der Waals surface area (Å²) >= 11 is 0. The lowest BCUT2D eigenvalue weighted by molar-refractivity contribution is -0.154. The van der Waals surface area contributed by atoms with Crippen LogP contribution in [0.25, 0.3) is 0 Å². The number of ether oxygens (including phenoxy) is 1. The lowest BCUT2D eigenvalue weighted by Gasteiger charge is -2.02. The maximum absolute atomic E-state index is 11.1. The summed E-state index contributed by atoms with van der Waals surface area (Å²) in [5, 5.41) is 2.35. The molecule has 6 nitrogen and oxygen atoms in total. The molecular weight excluding hydrogens is 198 g/mol. The average molecular weight is 209 g/mol. The van der Waals surface area contributed by atoms with Crippen molar-refractivity contribution >= 4 is 11.9 Å². The predicted octanol–water partition coefficient (Wildman–Crippen LogP) is -0.344. The van der Waals surface area contributed by atoms with Crippen molar-refractivity contribution in [1.29, 1.82) is 0 Å². The number of hydrogen-bond acceptors (Lipinski definition) is 5. The first-order chi connectivity index (χ1) is 7.24. The zero-order valence-corrected chi connectivity index (χ0v) is 8.27. The van der Waals surface area contributed by atoms with Gasteiger partial charge in [0.1, 0.15) is 5.82 Å². The van der Waals surface area contributed by atoms with Crippen LogP contribution in [0.1, 0.15) is 12.7 Å². The summed E-state index contributed by atoms with van der Waals surface area (Å²) in [4.78, 5) is 29.7. The molecule has 1 heterocycles. The van der Waals surface area contributed by atoms with Crippen LogP contribution in [0.5, 0.6) is 0 Å². The quantitative estimate of drug-likeness (QED) is 0.544. The minimum atomic E-state index is -0.895. The van der Waals surface area contributed by atoms with Crippen molar-refractivity contribution in [1.82, 2.24) is 15.3 Å². The third kappa shape index (κ3) is 3.72. The monoisotopic (exact) mass is 209 g/mol. The fourth-order valence-electron chi connectivity index (χ4n) is 0.849. The highest BCUT2D eigenvalue weighted by Crippen LogP contribution is 1.86. The summed E-state index contributed by atoms with van der Waals surface area (Å²) in [5.41, 5.74) is 0. The smallest absolute Gasteiger partial charge is 0.396 e. The van der Waals surface area contributed by atoms with Crippen molar-refractivity contribution in [3.8, 4) is 0 Å². The molecule has 6 heteroatoms.